The van der Waals surface area contributed by atoms with Crippen LogP contribution in [0.15, 0.2) is 59.0 Å². The molecule has 1 aromatic heterocycles. The summed E-state index contributed by atoms with van der Waals surface area (Å²) in [5.74, 6) is -0.0881. The number of hydrogen-bond acceptors (Lipinski definition) is 6. The average Bonchev–Trinajstić information content (AvgIpc) is 3.28. The summed E-state index contributed by atoms with van der Waals surface area (Å²) in [6.45, 7) is 1.71. The molecule has 1 fully saturated rings. The van der Waals surface area contributed by atoms with E-state index in [2.05, 4.69) is 4.98 Å². The smallest absolute Gasteiger partial charge is 0.338 e. The Labute approximate surface area is 166 Å². The van der Waals surface area contributed by atoms with Crippen LogP contribution in [0.5, 0.6) is 0 Å². The molecule has 0 saturated carbocycles. The van der Waals surface area contributed by atoms with Gasteiger partial charge in [0.25, 0.3) is 0 Å². The summed E-state index contributed by atoms with van der Waals surface area (Å²) < 4.78 is 11.0. The second kappa shape index (κ2) is 7.71. The molecule has 2 heterocycles. The zero-order valence-electron chi connectivity index (χ0n) is 15.8. The van der Waals surface area contributed by atoms with Gasteiger partial charge in [0, 0.05) is 18.4 Å². The highest BCUT2D eigenvalue weighted by Crippen LogP contribution is 2.25. The van der Waals surface area contributed by atoms with Crippen LogP contribution in [0.1, 0.15) is 34.7 Å². The number of esters is 1. The second-order valence-corrected chi connectivity index (χ2v) is 6.64. The molecule has 0 spiro atoms. The van der Waals surface area contributed by atoms with Gasteiger partial charge >= 0.3 is 5.97 Å². The molecule has 0 bridgehead atoms. The number of nitrogens with zero attached hydrogens (tertiary/aromatic N) is 2. The number of imide groups is 1. The minimum atomic E-state index is -0.574. The molecule has 29 heavy (non-hydrogen) atoms. The van der Waals surface area contributed by atoms with Crippen molar-refractivity contribution in [3.8, 4) is 11.5 Å². The van der Waals surface area contributed by atoms with Gasteiger partial charge in [0.2, 0.25) is 17.7 Å². The van der Waals surface area contributed by atoms with Gasteiger partial charge in [-0.25, -0.2) is 9.78 Å². The maximum Gasteiger partial charge on any atom is 0.338 e. The molecular formula is C22H18N2O5. The van der Waals surface area contributed by atoms with Gasteiger partial charge in [-0.3, -0.25) is 14.5 Å². The first-order chi connectivity index (χ1) is 14.0. The summed E-state index contributed by atoms with van der Waals surface area (Å²) >= 11 is 0. The van der Waals surface area contributed by atoms with Gasteiger partial charge in [-0.2, -0.15) is 0 Å². The van der Waals surface area contributed by atoms with Crippen molar-refractivity contribution in [3.63, 3.8) is 0 Å². The van der Waals surface area contributed by atoms with Crippen molar-refractivity contribution in [2.45, 2.75) is 26.4 Å². The number of amides is 2. The quantitative estimate of drug-likeness (QED) is 0.488. The predicted molar refractivity (Wildman–Crippen MR) is 104 cm³/mol. The lowest BCUT2D eigenvalue weighted by Gasteiger charge is -2.14. The molecule has 0 radical (unpaired) electrons. The van der Waals surface area contributed by atoms with E-state index in [-0.39, 0.29) is 36.8 Å². The van der Waals surface area contributed by atoms with Crippen LogP contribution in [-0.2, 0) is 20.9 Å². The molecule has 1 saturated heterocycles. The van der Waals surface area contributed by atoms with Crippen LogP contribution in [-0.4, -0.2) is 22.8 Å². The molecule has 2 amide bonds. The SMILES string of the molecule is Cc1oc(-c2ccccc2)nc1COC(=O)c1cccc(N2C(=O)CCC2=O)c1. The third kappa shape index (κ3) is 3.80. The van der Waals surface area contributed by atoms with Crippen molar-refractivity contribution in [1.29, 1.82) is 0 Å². The Morgan fingerprint density at radius 2 is 1.79 bits per heavy atom. The Balaban J connectivity index is 1.47. The van der Waals surface area contributed by atoms with Crippen LogP contribution in [0.2, 0.25) is 0 Å². The van der Waals surface area contributed by atoms with Crippen LogP contribution in [0.3, 0.4) is 0 Å². The summed E-state index contributed by atoms with van der Waals surface area (Å²) in [7, 11) is 0. The lowest BCUT2D eigenvalue weighted by Crippen LogP contribution is -2.28. The van der Waals surface area contributed by atoms with Crippen molar-refractivity contribution in [2.75, 3.05) is 4.90 Å². The molecular weight excluding hydrogens is 372 g/mol. The second-order valence-electron chi connectivity index (χ2n) is 6.64. The van der Waals surface area contributed by atoms with E-state index in [4.69, 9.17) is 9.15 Å². The van der Waals surface area contributed by atoms with Crippen molar-refractivity contribution < 1.29 is 23.5 Å². The lowest BCUT2D eigenvalue weighted by atomic mass is 10.2. The fourth-order valence-corrected chi connectivity index (χ4v) is 3.12. The number of benzene rings is 2. The van der Waals surface area contributed by atoms with Gasteiger partial charge < -0.3 is 9.15 Å². The Hall–Kier alpha value is -3.74. The van der Waals surface area contributed by atoms with E-state index in [9.17, 15) is 14.4 Å². The number of rotatable bonds is 5. The average molecular weight is 390 g/mol. The normalized spacial score (nSPS) is 13.8. The summed E-state index contributed by atoms with van der Waals surface area (Å²) in [5, 5.41) is 0. The number of carbonyl (C=O) groups excluding carboxylic acids is 3. The molecule has 3 aromatic rings. The molecule has 0 aliphatic carbocycles. The van der Waals surface area contributed by atoms with Crippen molar-refractivity contribution in [1.82, 2.24) is 4.98 Å². The standard InChI is InChI=1S/C22H18N2O5/c1-14-18(23-21(29-14)15-6-3-2-4-7-15)13-28-22(27)16-8-5-9-17(12-16)24-19(25)10-11-20(24)26/h2-9,12H,10-11,13H2,1H3. The number of aromatic nitrogens is 1. The van der Waals surface area contributed by atoms with Crippen LogP contribution in [0.25, 0.3) is 11.5 Å². The first kappa shape index (κ1) is 18.6. The first-order valence-corrected chi connectivity index (χ1v) is 9.17. The fraction of sp³-hybridized carbons (Fsp3) is 0.182. The van der Waals surface area contributed by atoms with Crippen molar-refractivity contribution in [2.24, 2.45) is 0 Å². The largest absolute Gasteiger partial charge is 0.455 e. The molecule has 0 atom stereocenters. The minimum Gasteiger partial charge on any atom is -0.455 e. The van der Waals surface area contributed by atoms with E-state index in [0.29, 0.717) is 23.0 Å². The summed E-state index contributed by atoms with van der Waals surface area (Å²) in [6.07, 6.45) is 0.366. The van der Waals surface area contributed by atoms with Crippen LogP contribution >= 0.6 is 0 Å². The third-order valence-corrected chi connectivity index (χ3v) is 4.64. The van der Waals surface area contributed by atoms with Crippen LogP contribution < -0.4 is 4.90 Å². The molecule has 1 aliphatic rings. The number of anilines is 1. The van der Waals surface area contributed by atoms with E-state index < -0.39 is 5.97 Å². The highest BCUT2D eigenvalue weighted by Gasteiger charge is 2.30. The van der Waals surface area contributed by atoms with Gasteiger partial charge in [-0.05, 0) is 37.3 Å². The van der Waals surface area contributed by atoms with Gasteiger partial charge in [0.15, 0.2) is 0 Å². The molecule has 1 aliphatic heterocycles. The van der Waals surface area contributed by atoms with Crippen molar-refractivity contribution >= 4 is 23.5 Å². The lowest BCUT2D eigenvalue weighted by molar-refractivity contribution is -0.121. The highest BCUT2D eigenvalue weighted by atomic mass is 16.5. The maximum atomic E-state index is 12.5. The Bertz CT molecular complexity index is 1070. The number of oxazole rings is 1. The van der Waals surface area contributed by atoms with E-state index in [1.165, 1.54) is 6.07 Å². The Morgan fingerprint density at radius 1 is 1.07 bits per heavy atom. The van der Waals surface area contributed by atoms with Crippen molar-refractivity contribution in [3.05, 3.63) is 71.6 Å². The number of aryl methyl sites for hydroxylation is 1. The van der Waals surface area contributed by atoms with Gasteiger partial charge in [-0.15, -0.1) is 0 Å². The zero-order chi connectivity index (χ0) is 20.4. The summed E-state index contributed by atoms with van der Waals surface area (Å²) in [4.78, 5) is 41.8. The summed E-state index contributed by atoms with van der Waals surface area (Å²) in [6, 6.07) is 15.7. The summed E-state index contributed by atoms with van der Waals surface area (Å²) in [5.41, 5.74) is 1.98. The zero-order valence-corrected chi connectivity index (χ0v) is 15.8. The van der Waals surface area contributed by atoms with E-state index in [0.717, 1.165) is 10.5 Å². The van der Waals surface area contributed by atoms with E-state index in [1.807, 2.05) is 30.3 Å². The van der Waals surface area contributed by atoms with E-state index >= 15 is 0 Å². The van der Waals surface area contributed by atoms with Gasteiger partial charge in [0.05, 0.1) is 11.3 Å². The fourth-order valence-electron chi connectivity index (χ4n) is 3.12. The molecule has 0 unspecified atom stereocenters. The molecule has 0 N–H and O–H groups in total. The van der Waals surface area contributed by atoms with Gasteiger partial charge in [-0.1, -0.05) is 24.3 Å². The van der Waals surface area contributed by atoms with Crippen LogP contribution in [0.4, 0.5) is 5.69 Å². The third-order valence-electron chi connectivity index (χ3n) is 4.64. The van der Waals surface area contributed by atoms with Crippen LogP contribution in [0, 0.1) is 6.92 Å². The van der Waals surface area contributed by atoms with Gasteiger partial charge in [0.1, 0.15) is 18.1 Å². The topological polar surface area (TPSA) is 89.7 Å². The minimum absolute atomic E-state index is 0.0488. The molecule has 7 nitrogen and oxygen atoms in total. The first-order valence-electron chi connectivity index (χ1n) is 9.17. The number of hydrogen-bond donors (Lipinski definition) is 0. The number of ether oxygens (including phenoxy) is 1. The van der Waals surface area contributed by atoms with E-state index in [1.54, 1.807) is 25.1 Å². The Morgan fingerprint density at radius 3 is 2.52 bits per heavy atom. The maximum absolute atomic E-state index is 12.5. The molecule has 2 aromatic carbocycles. The number of carbonyl (C=O) groups is 3. The predicted octanol–water partition coefficient (Wildman–Crippen LogP) is 3.66. The highest BCUT2D eigenvalue weighted by molar-refractivity contribution is 6.20. The molecule has 4 rings (SSSR count). The Kier molecular flexibility index (Phi) is 4.95. The molecule has 146 valence electrons. The molecule has 7 heteroatoms. The monoisotopic (exact) mass is 390 g/mol.